The molecule has 1 atom stereocenters. The predicted molar refractivity (Wildman–Crippen MR) is 85.1 cm³/mol. The standard InChI is InChI=1S/C14H24N2O3S2/c1-3-15-9-13-8-14(11-20-13)21(17,18)16(2)10-12-6-4-5-7-19-12/h8,11-12,15H,3-7,9-10H2,1-2H3. The van der Waals surface area contributed by atoms with Crippen LogP contribution in [0, 0.1) is 0 Å². The number of hydrogen-bond acceptors (Lipinski definition) is 5. The first-order valence-corrected chi connectivity index (χ1v) is 9.72. The molecule has 1 aliphatic rings. The Bertz CT molecular complexity index is 536. The summed E-state index contributed by atoms with van der Waals surface area (Å²) in [5.41, 5.74) is 0. The molecule has 21 heavy (non-hydrogen) atoms. The molecule has 0 aliphatic carbocycles. The van der Waals surface area contributed by atoms with Crippen molar-refractivity contribution in [2.75, 3.05) is 26.7 Å². The fourth-order valence-corrected chi connectivity index (χ4v) is 4.79. The zero-order chi connectivity index (χ0) is 15.3. The lowest BCUT2D eigenvalue weighted by Gasteiger charge is -2.26. The van der Waals surface area contributed by atoms with Crippen LogP contribution in [0.5, 0.6) is 0 Å². The molecule has 0 aromatic carbocycles. The van der Waals surface area contributed by atoms with E-state index in [2.05, 4.69) is 5.32 Å². The van der Waals surface area contributed by atoms with Gasteiger partial charge in [-0.15, -0.1) is 11.3 Å². The molecule has 120 valence electrons. The van der Waals surface area contributed by atoms with Crippen LogP contribution in [-0.4, -0.2) is 45.6 Å². The van der Waals surface area contributed by atoms with E-state index in [0.717, 1.165) is 37.3 Å². The van der Waals surface area contributed by atoms with E-state index >= 15 is 0 Å². The van der Waals surface area contributed by atoms with Crippen molar-refractivity contribution in [3.63, 3.8) is 0 Å². The summed E-state index contributed by atoms with van der Waals surface area (Å²) in [6, 6.07) is 1.76. The van der Waals surface area contributed by atoms with E-state index in [4.69, 9.17) is 4.74 Å². The highest BCUT2D eigenvalue weighted by molar-refractivity contribution is 7.89. The number of nitrogens with zero attached hydrogens (tertiary/aromatic N) is 1. The minimum atomic E-state index is -3.41. The van der Waals surface area contributed by atoms with Crippen molar-refractivity contribution in [1.29, 1.82) is 0 Å². The fourth-order valence-electron chi connectivity index (χ4n) is 2.35. The van der Waals surface area contributed by atoms with E-state index in [-0.39, 0.29) is 6.10 Å². The van der Waals surface area contributed by atoms with Crippen LogP contribution in [-0.2, 0) is 21.3 Å². The first-order chi connectivity index (χ1) is 10.0. The molecule has 2 rings (SSSR count). The van der Waals surface area contributed by atoms with E-state index in [0.29, 0.717) is 18.0 Å². The summed E-state index contributed by atoms with van der Waals surface area (Å²) in [6.07, 6.45) is 3.16. The van der Waals surface area contributed by atoms with E-state index in [1.807, 2.05) is 6.92 Å². The van der Waals surface area contributed by atoms with Crippen LogP contribution in [0.4, 0.5) is 0 Å². The normalized spacial score (nSPS) is 20.0. The average Bonchev–Trinajstić information content (AvgIpc) is 2.95. The van der Waals surface area contributed by atoms with Crippen molar-refractivity contribution in [2.24, 2.45) is 0 Å². The number of hydrogen-bond donors (Lipinski definition) is 1. The second kappa shape index (κ2) is 7.69. The number of likely N-dealkylation sites (N-methyl/N-ethyl adjacent to an activating group) is 1. The predicted octanol–water partition coefficient (Wildman–Crippen LogP) is 2.05. The lowest BCUT2D eigenvalue weighted by Crippen LogP contribution is -2.37. The van der Waals surface area contributed by atoms with Crippen molar-refractivity contribution in [3.05, 3.63) is 16.3 Å². The average molecular weight is 332 g/mol. The summed E-state index contributed by atoms with van der Waals surface area (Å²) in [4.78, 5) is 1.43. The van der Waals surface area contributed by atoms with Gasteiger partial charge in [0.2, 0.25) is 10.0 Å². The van der Waals surface area contributed by atoms with Gasteiger partial charge in [-0.3, -0.25) is 0 Å². The molecule has 1 aliphatic heterocycles. The summed E-state index contributed by atoms with van der Waals surface area (Å²) in [7, 11) is -1.77. The third-order valence-corrected chi connectivity index (χ3v) is 6.51. The molecular weight excluding hydrogens is 308 g/mol. The first-order valence-electron chi connectivity index (χ1n) is 7.40. The Kier molecular flexibility index (Phi) is 6.19. The van der Waals surface area contributed by atoms with Crippen molar-refractivity contribution >= 4 is 21.4 Å². The smallest absolute Gasteiger partial charge is 0.243 e. The Hall–Kier alpha value is -0.470. The van der Waals surface area contributed by atoms with Gasteiger partial charge in [0, 0.05) is 37.0 Å². The quantitative estimate of drug-likeness (QED) is 0.830. The van der Waals surface area contributed by atoms with Gasteiger partial charge in [-0.25, -0.2) is 8.42 Å². The number of nitrogens with one attached hydrogen (secondary N) is 1. The number of thiophene rings is 1. The number of rotatable bonds is 7. The van der Waals surface area contributed by atoms with Crippen molar-refractivity contribution in [2.45, 2.75) is 43.7 Å². The van der Waals surface area contributed by atoms with Gasteiger partial charge >= 0.3 is 0 Å². The molecule has 0 radical (unpaired) electrons. The molecule has 0 saturated carbocycles. The molecule has 2 heterocycles. The van der Waals surface area contributed by atoms with Gasteiger partial charge in [0.25, 0.3) is 0 Å². The lowest BCUT2D eigenvalue weighted by molar-refractivity contribution is 0.00859. The van der Waals surface area contributed by atoms with E-state index < -0.39 is 10.0 Å². The van der Waals surface area contributed by atoms with Gasteiger partial charge < -0.3 is 10.1 Å². The molecule has 1 unspecified atom stereocenters. The molecule has 7 heteroatoms. The Morgan fingerprint density at radius 2 is 2.29 bits per heavy atom. The minimum absolute atomic E-state index is 0.0263. The van der Waals surface area contributed by atoms with E-state index in [1.54, 1.807) is 18.5 Å². The lowest BCUT2D eigenvalue weighted by atomic mass is 10.1. The van der Waals surface area contributed by atoms with Gasteiger partial charge in [0.15, 0.2) is 0 Å². The van der Waals surface area contributed by atoms with E-state index in [1.165, 1.54) is 15.6 Å². The second-order valence-electron chi connectivity index (χ2n) is 5.30. The summed E-state index contributed by atoms with van der Waals surface area (Å²) in [5, 5.41) is 4.93. The van der Waals surface area contributed by atoms with Gasteiger partial charge in [-0.05, 0) is 31.9 Å². The molecule has 0 spiro atoms. The van der Waals surface area contributed by atoms with Crippen LogP contribution in [0.1, 0.15) is 31.1 Å². The maximum atomic E-state index is 12.5. The van der Waals surface area contributed by atoms with Gasteiger partial charge in [-0.2, -0.15) is 4.31 Å². The van der Waals surface area contributed by atoms with Crippen molar-refractivity contribution in [3.8, 4) is 0 Å². The zero-order valence-corrected chi connectivity index (χ0v) is 14.3. The number of ether oxygens (including phenoxy) is 1. The molecule has 1 aromatic heterocycles. The van der Waals surface area contributed by atoms with Crippen LogP contribution in [0.3, 0.4) is 0 Å². The molecule has 1 aromatic rings. The van der Waals surface area contributed by atoms with Crippen molar-refractivity contribution in [1.82, 2.24) is 9.62 Å². The van der Waals surface area contributed by atoms with Gasteiger partial charge in [-0.1, -0.05) is 6.92 Å². The third-order valence-electron chi connectivity index (χ3n) is 3.62. The van der Waals surface area contributed by atoms with Crippen LogP contribution in [0.2, 0.25) is 0 Å². The van der Waals surface area contributed by atoms with E-state index in [9.17, 15) is 8.42 Å². The third kappa shape index (κ3) is 4.50. The summed E-state index contributed by atoms with van der Waals surface area (Å²) in [6.45, 7) is 4.79. The topological polar surface area (TPSA) is 58.6 Å². The largest absolute Gasteiger partial charge is 0.377 e. The highest BCUT2D eigenvalue weighted by atomic mass is 32.2. The van der Waals surface area contributed by atoms with Crippen LogP contribution >= 0.6 is 11.3 Å². The summed E-state index contributed by atoms with van der Waals surface area (Å²) < 4.78 is 32.1. The zero-order valence-electron chi connectivity index (χ0n) is 12.7. The first kappa shape index (κ1) is 16.9. The molecule has 0 amide bonds. The van der Waals surface area contributed by atoms with Gasteiger partial charge in [0.1, 0.15) is 0 Å². The minimum Gasteiger partial charge on any atom is -0.377 e. The summed E-state index contributed by atoms with van der Waals surface area (Å²) in [5.74, 6) is 0. The molecule has 0 bridgehead atoms. The molecule has 1 N–H and O–H groups in total. The van der Waals surface area contributed by atoms with Crippen molar-refractivity contribution < 1.29 is 13.2 Å². The molecule has 1 fully saturated rings. The maximum absolute atomic E-state index is 12.5. The highest BCUT2D eigenvalue weighted by Gasteiger charge is 2.26. The van der Waals surface area contributed by atoms with Crippen LogP contribution in [0.15, 0.2) is 16.3 Å². The molecule has 1 saturated heterocycles. The Morgan fingerprint density at radius 3 is 2.95 bits per heavy atom. The highest BCUT2D eigenvalue weighted by Crippen LogP contribution is 2.23. The molecule has 5 nitrogen and oxygen atoms in total. The maximum Gasteiger partial charge on any atom is 0.243 e. The summed E-state index contributed by atoms with van der Waals surface area (Å²) >= 11 is 1.48. The van der Waals surface area contributed by atoms with Crippen LogP contribution < -0.4 is 5.32 Å². The fraction of sp³-hybridized carbons (Fsp3) is 0.714. The monoisotopic (exact) mass is 332 g/mol. The Morgan fingerprint density at radius 1 is 1.48 bits per heavy atom. The Labute approximate surface area is 131 Å². The Balaban J connectivity index is 2.00. The van der Waals surface area contributed by atoms with Gasteiger partial charge in [0.05, 0.1) is 11.0 Å². The van der Waals surface area contributed by atoms with Crippen LogP contribution in [0.25, 0.3) is 0 Å². The molecular formula is C14H24N2O3S2. The second-order valence-corrected chi connectivity index (χ2v) is 8.34. The number of sulfonamides is 1. The SMILES string of the molecule is CCNCc1cc(S(=O)(=O)N(C)CC2CCCCO2)cs1.